The molecule has 0 fully saturated rings. The number of hydrogen-bond donors (Lipinski definition) is 1. The molecule has 7 heteroatoms. The van der Waals surface area contributed by atoms with Crippen molar-refractivity contribution in [1.29, 1.82) is 0 Å². The lowest BCUT2D eigenvalue weighted by molar-refractivity contribution is -0.144. The summed E-state index contributed by atoms with van der Waals surface area (Å²) in [5.41, 5.74) is 0.0956. The highest BCUT2D eigenvalue weighted by Gasteiger charge is 2.35. The Morgan fingerprint density at radius 3 is 2.67 bits per heavy atom. The van der Waals surface area contributed by atoms with Gasteiger partial charge < -0.3 is 9.73 Å². The first kappa shape index (κ1) is 12.4. The number of nitrogens with zero attached hydrogens (tertiary/aromatic N) is 2. The molecule has 0 aliphatic heterocycles. The van der Waals surface area contributed by atoms with Crippen LogP contribution in [0.2, 0.25) is 0 Å². The quantitative estimate of drug-likeness (QED) is 0.917. The summed E-state index contributed by atoms with van der Waals surface area (Å²) in [7, 11) is 0. The number of halogens is 3. The molecule has 0 bridgehead atoms. The summed E-state index contributed by atoms with van der Waals surface area (Å²) in [4.78, 5) is 6.87. The highest BCUT2D eigenvalue weighted by atomic mass is 19.4. The van der Waals surface area contributed by atoms with E-state index in [2.05, 4.69) is 15.3 Å². The number of alkyl halides is 3. The van der Waals surface area contributed by atoms with E-state index in [1.54, 1.807) is 13.0 Å². The van der Waals surface area contributed by atoms with E-state index in [4.69, 9.17) is 4.42 Å². The Labute approximate surface area is 101 Å². The van der Waals surface area contributed by atoms with Gasteiger partial charge in [-0.1, -0.05) is 0 Å². The van der Waals surface area contributed by atoms with Crippen molar-refractivity contribution in [3.63, 3.8) is 0 Å². The summed E-state index contributed by atoms with van der Waals surface area (Å²) in [5, 5.41) is 2.73. The Hall–Kier alpha value is -2.05. The van der Waals surface area contributed by atoms with Crippen LogP contribution in [-0.4, -0.2) is 16.5 Å². The summed E-state index contributed by atoms with van der Waals surface area (Å²) in [5.74, 6) is -0.805. The molecule has 0 aliphatic rings. The second-order valence-electron chi connectivity index (χ2n) is 3.47. The Morgan fingerprint density at radius 1 is 1.33 bits per heavy atom. The predicted octanol–water partition coefficient (Wildman–Crippen LogP) is 3.19. The van der Waals surface area contributed by atoms with Crippen LogP contribution < -0.4 is 5.32 Å². The summed E-state index contributed by atoms with van der Waals surface area (Å²) >= 11 is 0. The van der Waals surface area contributed by atoms with Gasteiger partial charge >= 0.3 is 6.18 Å². The number of nitrogens with one attached hydrogen (secondary N) is 1. The Kier molecular flexibility index (Phi) is 3.22. The van der Waals surface area contributed by atoms with E-state index in [1.807, 2.05) is 0 Å². The molecule has 0 aromatic carbocycles. The van der Waals surface area contributed by atoms with Crippen LogP contribution in [0, 0.1) is 0 Å². The van der Waals surface area contributed by atoms with Gasteiger partial charge in [-0.25, -0.2) is 9.97 Å². The Bertz CT molecular complexity index is 523. The zero-order valence-electron chi connectivity index (χ0n) is 9.45. The average Bonchev–Trinajstić information content (AvgIpc) is 2.81. The molecular formula is C11H10F3N3O. The molecule has 0 saturated carbocycles. The zero-order chi connectivity index (χ0) is 13.2. The number of anilines is 1. The molecule has 18 heavy (non-hydrogen) atoms. The van der Waals surface area contributed by atoms with Crippen molar-refractivity contribution in [2.24, 2.45) is 0 Å². The van der Waals surface area contributed by atoms with Crippen LogP contribution >= 0.6 is 0 Å². The molecule has 1 N–H and O–H groups in total. The predicted molar refractivity (Wildman–Crippen MR) is 58.9 cm³/mol. The summed E-state index contributed by atoms with van der Waals surface area (Å²) in [6, 6.07) is 4.54. The fraction of sp³-hybridized carbons (Fsp3) is 0.273. The van der Waals surface area contributed by atoms with E-state index < -0.39 is 12.0 Å². The summed E-state index contributed by atoms with van der Waals surface area (Å²) < 4.78 is 43.0. The molecule has 2 rings (SSSR count). The first-order chi connectivity index (χ1) is 8.50. The van der Waals surface area contributed by atoms with Gasteiger partial charge in [-0.05, 0) is 19.1 Å². The van der Waals surface area contributed by atoms with Crippen LogP contribution in [-0.2, 0) is 6.18 Å². The van der Waals surface area contributed by atoms with Crippen molar-refractivity contribution < 1.29 is 17.6 Å². The van der Waals surface area contributed by atoms with Crippen LogP contribution in [0.1, 0.15) is 12.7 Å². The van der Waals surface area contributed by atoms with Crippen LogP contribution in [0.15, 0.2) is 28.9 Å². The number of rotatable bonds is 3. The highest BCUT2D eigenvalue weighted by molar-refractivity contribution is 5.57. The SMILES string of the molecule is CCNc1cc(-c2ccco2)nc(C(F)(F)F)n1. The molecule has 2 aromatic rings. The van der Waals surface area contributed by atoms with E-state index in [9.17, 15) is 13.2 Å². The molecule has 0 saturated heterocycles. The van der Waals surface area contributed by atoms with Crippen LogP contribution in [0.3, 0.4) is 0 Å². The molecule has 0 amide bonds. The molecule has 4 nitrogen and oxygen atoms in total. The Balaban J connectivity index is 2.50. The monoisotopic (exact) mass is 257 g/mol. The molecule has 0 radical (unpaired) electrons. The second-order valence-corrected chi connectivity index (χ2v) is 3.47. The van der Waals surface area contributed by atoms with Crippen molar-refractivity contribution in [2.45, 2.75) is 13.1 Å². The van der Waals surface area contributed by atoms with E-state index in [0.717, 1.165) is 0 Å². The van der Waals surface area contributed by atoms with Gasteiger partial charge in [0.1, 0.15) is 11.5 Å². The van der Waals surface area contributed by atoms with Gasteiger partial charge in [-0.2, -0.15) is 13.2 Å². The topological polar surface area (TPSA) is 51.0 Å². The van der Waals surface area contributed by atoms with Crippen molar-refractivity contribution in [3.8, 4) is 11.5 Å². The van der Waals surface area contributed by atoms with Crippen molar-refractivity contribution in [1.82, 2.24) is 9.97 Å². The standard InChI is InChI=1S/C11H10F3N3O/c1-2-15-9-6-7(8-4-3-5-18-8)16-10(17-9)11(12,13)14/h3-6H,2H2,1H3,(H,15,16,17). The summed E-state index contributed by atoms with van der Waals surface area (Å²) in [6.07, 6.45) is -3.22. The van der Waals surface area contributed by atoms with E-state index in [1.165, 1.54) is 18.4 Å². The van der Waals surface area contributed by atoms with Gasteiger partial charge in [0.25, 0.3) is 0 Å². The molecular weight excluding hydrogens is 247 g/mol. The lowest BCUT2D eigenvalue weighted by Gasteiger charge is -2.09. The maximum Gasteiger partial charge on any atom is 0.451 e. The molecule has 96 valence electrons. The van der Waals surface area contributed by atoms with E-state index >= 15 is 0 Å². The maximum absolute atomic E-state index is 12.6. The number of hydrogen-bond acceptors (Lipinski definition) is 4. The van der Waals surface area contributed by atoms with Crippen molar-refractivity contribution in [2.75, 3.05) is 11.9 Å². The first-order valence-corrected chi connectivity index (χ1v) is 5.24. The molecule has 0 atom stereocenters. The molecule has 0 aliphatic carbocycles. The second kappa shape index (κ2) is 4.67. The first-order valence-electron chi connectivity index (χ1n) is 5.24. The van der Waals surface area contributed by atoms with Crippen LogP contribution in [0.25, 0.3) is 11.5 Å². The molecule has 0 unspecified atom stereocenters. The van der Waals surface area contributed by atoms with Gasteiger partial charge in [-0.15, -0.1) is 0 Å². The minimum Gasteiger partial charge on any atom is -0.463 e. The largest absolute Gasteiger partial charge is 0.463 e. The van der Waals surface area contributed by atoms with Crippen molar-refractivity contribution in [3.05, 3.63) is 30.3 Å². The normalized spacial score (nSPS) is 11.6. The zero-order valence-corrected chi connectivity index (χ0v) is 9.45. The van der Waals surface area contributed by atoms with Gasteiger partial charge in [0.2, 0.25) is 5.82 Å². The smallest absolute Gasteiger partial charge is 0.451 e. The molecule has 2 aromatic heterocycles. The lowest BCUT2D eigenvalue weighted by atomic mass is 10.3. The average molecular weight is 257 g/mol. The van der Waals surface area contributed by atoms with E-state index in [-0.39, 0.29) is 17.3 Å². The van der Waals surface area contributed by atoms with Gasteiger partial charge in [-0.3, -0.25) is 0 Å². The number of furan rings is 1. The third kappa shape index (κ3) is 2.61. The molecule has 2 heterocycles. The van der Waals surface area contributed by atoms with Gasteiger partial charge in [0.15, 0.2) is 5.76 Å². The number of aromatic nitrogens is 2. The van der Waals surface area contributed by atoms with Gasteiger partial charge in [0.05, 0.1) is 6.26 Å². The maximum atomic E-state index is 12.6. The third-order valence-electron chi connectivity index (χ3n) is 2.11. The minimum absolute atomic E-state index is 0.0956. The van der Waals surface area contributed by atoms with Crippen molar-refractivity contribution >= 4 is 5.82 Å². The van der Waals surface area contributed by atoms with Crippen LogP contribution in [0.4, 0.5) is 19.0 Å². The van der Waals surface area contributed by atoms with Gasteiger partial charge in [0, 0.05) is 12.6 Å². The van der Waals surface area contributed by atoms with E-state index in [0.29, 0.717) is 6.54 Å². The molecule has 0 spiro atoms. The Morgan fingerprint density at radius 2 is 2.11 bits per heavy atom. The fourth-order valence-corrected chi connectivity index (χ4v) is 1.40. The minimum atomic E-state index is -4.59. The summed E-state index contributed by atoms with van der Waals surface area (Å²) in [6.45, 7) is 2.23. The van der Waals surface area contributed by atoms with Crippen LogP contribution in [0.5, 0.6) is 0 Å². The highest BCUT2D eigenvalue weighted by Crippen LogP contribution is 2.29. The third-order valence-corrected chi connectivity index (χ3v) is 2.11. The fourth-order valence-electron chi connectivity index (χ4n) is 1.40. The lowest BCUT2D eigenvalue weighted by Crippen LogP contribution is -2.13.